The van der Waals surface area contributed by atoms with Crippen LogP contribution in [0.1, 0.15) is 45.1 Å². The molecule has 1 aromatic rings. The molecule has 4 nitrogen and oxygen atoms in total. The fourth-order valence-electron chi connectivity index (χ4n) is 2.92. The molecule has 1 N–H and O–H groups in total. The van der Waals surface area contributed by atoms with Gasteiger partial charge in [-0.1, -0.05) is 25.1 Å². The molecular weight excluding hydrogens is 290 g/mol. The summed E-state index contributed by atoms with van der Waals surface area (Å²) in [6.07, 6.45) is 8.46. The SMILES string of the molecule is CC=Cc1ccc(OCC(=O)NC2CCC(C)CC2)c(OC)c1. The Morgan fingerprint density at radius 1 is 1.26 bits per heavy atom. The van der Waals surface area contributed by atoms with Crippen molar-refractivity contribution >= 4 is 12.0 Å². The van der Waals surface area contributed by atoms with Crippen LogP contribution in [-0.4, -0.2) is 25.7 Å². The van der Waals surface area contributed by atoms with E-state index < -0.39 is 0 Å². The zero-order chi connectivity index (χ0) is 16.7. The lowest BCUT2D eigenvalue weighted by Crippen LogP contribution is -2.39. The van der Waals surface area contributed by atoms with Crippen molar-refractivity contribution in [3.05, 3.63) is 29.8 Å². The summed E-state index contributed by atoms with van der Waals surface area (Å²) in [4.78, 5) is 12.0. The van der Waals surface area contributed by atoms with Crippen molar-refractivity contribution in [2.45, 2.75) is 45.6 Å². The Hall–Kier alpha value is -1.97. The molecule has 1 aromatic carbocycles. The third kappa shape index (κ3) is 5.31. The van der Waals surface area contributed by atoms with Gasteiger partial charge in [0.1, 0.15) is 0 Å². The summed E-state index contributed by atoms with van der Waals surface area (Å²) >= 11 is 0. The quantitative estimate of drug-likeness (QED) is 0.868. The molecule has 0 radical (unpaired) electrons. The predicted molar refractivity (Wildman–Crippen MR) is 92.8 cm³/mol. The summed E-state index contributed by atoms with van der Waals surface area (Å²) in [5.74, 6) is 1.94. The minimum atomic E-state index is -0.0656. The highest BCUT2D eigenvalue weighted by Gasteiger charge is 2.20. The fourth-order valence-corrected chi connectivity index (χ4v) is 2.92. The Kier molecular flexibility index (Phi) is 6.51. The van der Waals surface area contributed by atoms with Crippen LogP contribution in [0.4, 0.5) is 0 Å². The summed E-state index contributed by atoms with van der Waals surface area (Å²) in [5, 5.41) is 3.06. The van der Waals surface area contributed by atoms with E-state index in [2.05, 4.69) is 12.2 Å². The first-order valence-corrected chi connectivity index (χ1v) is 8.35. The van der Waals surface area contributed by atoms with Crippen molar-refractivity contribution in [1.82, 2.24) is 5.32 Å². The summed E-state index contributed by atoms with van der Waals surface area (Å²) in [6, 6.07) is 5.97. The van der Waals surface area contributed by atoms with Crippen molar-refractivity contribution in [3.63, 3.8) is 0 Å². The number of rotatable bonds is 6. The number of carbonyl (C=O) groups excluding carboxylic acids is 1. The van der Waals surface area contributed by atoms with Gasteiger partial charge in [0.2, 0.25) is 0 Å². The van der Waals surface area contributed by atoms with Crippen LogP contribution in [0.5, 0.6) is 11.5 Å². The minimum absolute atomic E-state index is 0.0192. The fraction of sp³-hybridized carbons (Fsp3) is 0.526. The number of allylic oxidation sites excluding steroid dienone is 1. The van der Waals surface area contributed by atoms with Crippen molar-refractivity contribution < 1.29 is 14.3 Å². The van der Waals surface area contributed by atoms with Gasteiger partial charge in [-0.15, -0.1) is 0 Å². The lowest BCUT2D eigenvalue weighted by molar-refractivity contribution is -0.124. The molecule has 0 heterocycles. The van der Waals surface area contributed by atoms with Gasteiger partial charge in [-0.05, 0) is 56.2 Å². The number of hydrogen-bond acceptors (Lipinski definition) is 3. The molecule has 0 bridgehead atoms. The Bertz CT molecular complexity index is 546. The molecule has 2 rings (SSSR count). The van der Waals surface area contributed by atoms with Crippen LogP contribution >= 0.6 is 0 Å². The van der Waals surface area contributed by atoms with Crippen molar-refractivity contribution in [2.75, 3.05) is 13.7 Å². The number of hydrogen-bond donors (Lipinski definition) is 1. The molecule has 1 fully saturated rings. The molecular formula is C19H27NO3. The van der Waals surface area contributed by atoms with Crippen LogP contribution in [0.15, 0.2) is 24.3 Å². The lowest BCUT2D eigenvalue weighted by Gasteiger charge is -2.26. The smallest absolute Gasteiger partial charge is 0.258 e. The largest absolute Gasteiger partial charge is 0.493 e. The Labute approximate surface area is 138 Å². The Morgan fingerprint density at radius 2 is 2.00 bits per heavy atom. The van der Waals surface area contributed by atoms with Gasteiger partial charge in [0.05, 0.1) is 7.11 Å². The molecule has 1 aliphatic rings. The monoisotopic (exact) mass is 317 g/mol. The van der Waals surface area contributed by atoms with Gasteiger partial charge in [-0.25, -0.2) is 0 Å². The van der Waals surface area contributed by atoms with Crippen molar-refractivity contribution in [2.24, 2.45) is 5.92 Å². The van der Waals surface area contributed by atoms with Crippen LogP contribution in [0.3, 0.4) is 0 Å². The maximum atomic E-state index is 12.0. The number of methoxy groups -OCH3 is 1. The predicted octanol–water partition coefficient (Wildman–Crippen LogP) is 3.80. The molecule has 23 heavy (non-hydrogen) atoms. The van der Waals surface area contributed by atoms with Crippen molar-refractivity contribution in [1.29, 1.82) is 0 Å². The third-order valence-electron chi connectivity index (χ3n) is 4.29. The molecule has 126 valence electrons. The molecule has 1 aliphatic carbocycles. The Morgan fingerprint density at radius 3 is 2.65 bits per heavy atom. The standard InChI is InChI=1S/C19H27NO3/c1-4-5-15-8-11-17(18(12-15)22-3)23-13-19(21)20-16-9-6-14(2)7-10-16/h4-5,8,11-12,14,16H,6-7,9-10,13H2,1-3H3,(H,20,21). The second kappa shape index (κ2) is 8.61. The van der Waals surface area contributed by atoms with Crippen LogP contribution in [0.25, 0.3) is 6.08 Å². The Balaban J connectivity index is 1.86. The van der Waals surface area contributed by atoms with E-state index in [1.165, 1.54) is 12.8 Å². The normalized spacial score (nSPS) is 21.2. The molecule has 1 amide bonds. The summed E-state index contributed by atoms with van der Waals surface area (Å²) in [5.41, 5.74) is 1.04. The number of benzene rings is 1. The van der Waals surface area contributed by atoms with E-state index >= 15 is 0 Å². The first-order valence-electron chi connectivity index (χ1n) is 8.35. The number of ether oxygens (including phenoxy) is 2. The molecule has 0 saturated heterocycles. The molecule has 0 spiro atoms. The van der Waals surface area contributed by atoms with Gasteiger partial charge in [0.15, 0.2) is 18.1 Å². The van der Waals surface area contributed by atoms with Crippen LogP contribution in [-0.2, 0) is 4.79 Å². The lowest BCUT2D eigenvalue weighted by atomic mass is 9.87. The molecule has 1 saturated carbocycles. The molecule has 0 unspecified atom stereocenters. The highest BCUT2D eigenvalue weighted by molar-refractivity contribution is 5.78. The van der Waals surface area contributed by atoms with Gasteiger partial charge in [-0.2, -0.15) is 0 Å². The van der Waals surface area contributed by atoms with Crippen LogP contribution in [0.2, 0.25) is 0 Å². The van der Waals surface area contributed by atoms with E-state index in [0.29, 0.717) is 17.5 Å². The van der Waals surface area contributed by atoms with Gasteiger partial charge >= 0.3 is 0 Å². The summed E-state index contributed by atoms with van der Waals surface area (Å²) in [6.45, 7) is 4.25. The maximum Gasteiger partial charge on any atom is 0.258 e. The maximum absolute atomic E-state index is 12.0. The average Bonchev–Trinajstić information content (AvgIpc) is 2.56. The summed E-state index contributed by atoms with van der Waals surface area (Å²) < 4.78 is 11.0. The van der Waals surface area contributed by atoms with Gasteiger partial charge < -0.3 is 14.8 Å². The van der Waals surface area contributed by atoms with E-state index in [0.717, 1.165) is 24.3 Å². The van der Waals surface area contributed by atoms with E-state index in [4.69, 9.17) is 9.47 Å². The number of carbonyl (C=O) groups is 1. The highest BCUT2D eigenvalue weighted by Crippen LogP contribution is 2.28. The molecule has 0 aromatic heterocycles. The third-order valence-corrected chi connectivity index (χ3v) is 4.29. The zero-order valence-electron chi connectivity index (χ0n) is 14.3. The van der Waals surface area contributed by atoms with Crippen LogP contribution in [0, 0.1) is 5.92 Å². The zero-order valence-corrected chi connectivity index (χ0v) is 14.3. The second-order valence-corrected chi connectivity index (χ2v) is 6.22. The summed E-state index contributed by atoms with van der Waals surface area (Å²) in [7, 11) is 1.60. The number of nitrogens with one attached hydrogen (secondary N) is 1. The first-order chi connectivity index (χ1) is 11.1. The van der Waals surface area contributed by atoms with Gasteiger partial charge in [-0.3, -0.25) is 4.79 Å². The van der Waals surface area contributed by atoms with Crippen LogP contribution < -0.4 is 14.8 Å². The highest BCUT2D eigenvalue weighted by atomic mass is 16.5. The van der Waals surface area contributed by atoms with E-state index in [9.17, 15) is 4.79 Å². The molecule has 0 atom stereocenters. The molecule has 4 heteroatoms. The average molecular weight is 317 g/mol. The number of amides is 1. The minimum Gasteiger partial charge on any atom is -0.493 e. The van der Waals surface area contributed by atoms with E-state index in [1.54, 1.807) is 7.11 Å². The van der Waals surface area contributed by atoms with Gasteiger partial charge in [0, 0.05) is 6.04 Å². The van der Waals surface area contributed by atoms with E-state index in [1.807, 2.05) is 37.3 Å². The van der Waals surface area contributed by atoms with Crippen molar-refractivity contribution in [3.8, 4) is 11.5 Å². The topological polar surface area (TPSA) is 47.6 Å². The first kappa shape index (κ1) is 17.4. The second-order valence-electron chi connectivity index (χ2n) is 6.22. The van der Waals surface area contributed by atoms with E-state index in [-0.39, 0.29) is 12.5 Å². The van der Waals surface area contributed by atoms with Gasteiger partial charge in [0.25, 0.3) is 5.91 Å². The molecule has 0 aliphatic heterocycles.